The predicted octanol–water partition coefficient (Wildman–Crippen LogP) is 4.87. The molecule has 0 bridgehead atoms. The molecule has 1 saturated heterocycles. The summed E-state index contributed by atoms with van der Waals surface area (Å²) in [5, 5.41) is 0.420. The molecular weight excluding hydrogens is 362 g/mol. The van der Waals surface area contributed by atoms with Crippen molar-refractivity contribution in [1.82, 2.24) is 4.90 Å². The average molecular weight is 379 g/mol. The summed E-state index contributed by atoms with van der Waals surface area (Å²) < 4.78 is 28.2. The first kappa shape index (κ1) is 18.3. The van der Waals surface area contributed by atoms with Gasteiger partial charge in [-0.05, 0) is 55.7 Å². The Bertz CT molecular complexity index is 801. The first-order valence-electron chi connectivity index (χ1n) is 8.32. The topological polar surface area (TPSA) is 40.6 Å². The van der Waals surface area contributed by atoms with Crippen LogP contribution in [0.2, 0.25) is 5.02 Å². The Balaban J connectivity index is 2.03. The molecule has 4 nitrogen and oxygen atoms in total. The van der Waals surface area contributed by atoms with Gasteiger partial charge in [0.1, 0.15) is 17.2 Å². The highest BCUT2D eigenvalue weighted by molar-refractivity contribution is 6.30. The summed E-state index contributed by atoms with van der Waals surface area (Å²) in [5.41, 5.74) is -0.551. The molecule has 1 aliphatic rings. The number of rotatable bonds is 2. The van der Waals surface area contributed by atoms with Crippen LogP contribution in [-0.4, -0.2) is 29.9 Å². The SMILES string of the molecule is O=C(c1c(F)cccc1F)N(C(=O)N1CCCCC1)c1ccc(Cl)cc1. The number of hydrogen-bond acceptors (Lipinski definition) is 2. The molecule has 2 aromatic carbocycles. The van der Waals surface area contributed by atoms with E-state index in [0.717, 1.165) is 36.3 Å². The fourth-order valence-corrected chi connectivity index (χ4v) is 3.07. The molecule has 26 heavy (non-hydrogen) atoms. The molecule has 7 heteroatoms. The molecule has 0 spiro atoms. The maximum atomic E-state index is 14.1. The van der Waals surface area contributed by atoms with Gasteiger partial charge in [-0.25, -0.2) is 18.5 Å². The molecular formula is C19H17ClF2N2O2. The number of nitrogens with zero attached hydrogens (tertiary/aromatic N) is 2. The van der Waals surface area contributed by atoms with E-state index in [1.165, 1.54) is 35.2 Å². The number of piperidine rings is 1. The summed E-state index contributed by atoms with van der Waals surface area (Å²) in [6.45, 7) is 0.992. The molecule has 3 amide bonds. The quantitative estimate of drug-likeness (QED) is 0.748. The number of carbonyl (C=O) groups excluding carboxylic acids is 2. The van der Waals surface area contributed by atoms with Crippen molar-refractivity contribution in [2.24, 2.45) is 0 Å². The maximum absolute atomic E-state index is 14.1. The van der Waals surface area contributed by atoms with Crippen LogP contribution in [0.5, 0.6) is 0 Å². The van der Waals surface area contributed by atoms with Crippen LogP contribution in [0.1, 0.15) is 29.6 Å². The summed E-state index contributed by atoms with van der Waals surface area (Å²) in [6, 6.07) is 8.52. The molecule has 1 fully saturated rings. The highest BCUT2D eigenvalue weighted by Crippen LogP contribution is 2.25. The molecule has 0 radical (unpaired) electrons. The third kappa shape index (κ3) is 3.70. The Kier molecular flexibility index (Phi) is 5.52. The summed E-state index contributed by atoms with van der Waals surface area (Å²) >= 11 is 5.87. The lowest BCUT2D eigenvalue weighted by atomic mass is 10.1. The molecule has 1 aliphatic heterocycles. The number of amides is 3. The minimum absolute atomic E-state index is 0.206. The van der Waals surface area contributed by atoms with Gasteiger partial charge in [-0.1, -0.05) is 17.7 Å². The van der Waals surface area contributed by atoms with Crippen LogP contribution in [0, 0.1) is 11.6 Å². The number of halogens is 3. The zero-order chi connectivity index (χ0) is 18.7. The maximum Gasteiger partial charge on any atom is 0.331 e. The Morgan fingerprint density at radius 2 is 1.50 bits per heavy atom. The van der Waals surface area contributed by atoms with Gasteiger partial charge < -0.3 is 4.90 Å². The van der Waals surface area contributed by atoms with E-state index in [1.807, 2.05) is 0 Å². The zero-order valence-corrected chi connectivity index (χ0v) is 14.7. The molecule has 136 valence electrons. The molecule has 0 saturated carbocycles. The van der Waals surface area contributed by atoms with E-state index >= 15 is 0 Å². The van der Waals surface area contributed by atoms with Crippen molar-refractivity contribution >= 4 is 29.2 Å². The lowest BCUT2D eigenvalue weighted by Crippen LogP contribution is -2.48. The van der Waals surface area contributed by atoms with Crippen molar-refractivity contribution in [3.63, 3.8) is 0 Å². The van der Waals surface area contributed by atoms with Crippen LogP contribution in [0.25, 0.3) is 0 Å². The summed E-state index contributed by atoms with van der Waals surface area (Å²) in [6.07, 6.45) is 2.64. The Labute approximate surface area is 155 Å². The molecule has 0 N–H and O–H groups in total. The average Bonchev–Trinajstić information content (AvgIpc) is 2.64. The van der Waals surface area contributed by atoms with E-state index < -0.39 is 29.1 Å². The standard InChI is InChI=1S/C19H17ClF2N2O2/c20-13-7-9-14(10-8-13)24(19(26)23-11-2-1-3-12-23)18(25)17-15(21)5-4-6-16(17)22/h4-10H,1-3,11-12H2. The fourth-order valence-electron chi connectivity index (χ4n) is 2.95. The molecule has 1 heterocycles. The highest BCUT2D eigenvalue weighted by Gasteiger charge is 2.32. The van der Waals surface area contributed by atoms with Gasteiger partial charge in [0.2, 0.25) is 0 Å². The number of anilines is 1. The van der Waals surface area contributed by atoms with E-state index in [1.54, 1.807) is 0 Å². The number of urea groups is 1. The molecule has 0 aliphatic carbocycles. The first-order valence-corrected chi connectivity index (χ1v) is 8.70. The van der Waals surface area contributed by atoms with Crippen molar-refractivity contribution in [1.29, 1.82) is 0 Å². The Morgan fingerprint density at radius 1 is 0.923 bits per heavy atom. The predicted molar refractivity (Wildman–Crippen MR) is 95.4 cm³/mol. The number of likely N-dealkylation sites (tertiary alicyclic amines) is 1. The summed E-state index contributed by atoms with van der Waals surface area (Å²) in [4.78, 5) is 28.2. The van der Waals surface area contributed by atoms with E-state index in [4.69, 9.17) is 11.6 Å². The van der Waals surface area contributed by atoms with Gasteiger partial charge in [-0.3, -0.25) is 4.79 Å². The third-order valence-corrected chi connectivity index (χ3v) is 4.53. The van der Waals surface area contributed by atoms with Crippen LogP contribution in [0.3, 0.4) is 0 Å². The van der Waals surface area contributed by atoms with Gasteiger partial charge in [-0.15, -0.1) is 0 Å². The van der Waals surface area contributed by atoms with Gasteiger partial charge in [0, 0.05) is 18.1 Å². The molecule has 0 aromatic heterocycles. The van der Waals surface area contributed by atoms with E-state index in [2.05, 4.69) is 0 Å². The van der Waals surface area contributed by atoms with Gasteiger partial charge >= 0.3 is 6.03 Å². The van der Waals surface area contributed by atoms with Crippen LogP contribution >= 0.6 is 11.6 Å². The number of benzene rings is 2. The zero-order valence-electron chi connectivity index (χ0n) is 13.9. The number of imide groups is 1. The van der Waals surface area contributed by atoms with Crippen molar-refractivity contribution in [2.75, 3.05) is 18.0 Å². The minimum atomic E-state index is -1.04. The number of carbonyl (C=O) groups is 2. The fraction of sp³-hybridized carbons (Fsp3) is 0.263. The molecule has 3 rings (SSSR count). The Hall–Kier alpha value is -2.47. The van der Waals surface area contributed by atoms with Crippen molar-refractivity contribution in [3.05, 3.63) is 64.7 Å². The van der Waals surface area contributed by atoms with Crippen LogP contribution in [-0.2, 0) is 0 Å². The van der Waals surface area contributed by atoms with Gasteiger partial charge in [0.05, 0.1) is 5.69 Å². The first-order chi connectivity index (χ1) is 12.5. The van der Waals surface area contributed by atoms with Crippen LogP contribution < -0.4 is 4.90 Å². The molecule has 0 atom stereocenters. The second kappa shape index (κ2) is 7.83. The molecule has 0 unspecified atom stereocenters. The summed E-state index contributed by atoms with van der Waals surface area (Å²) in [5.74, 6) is -3.07. The third-order valence-electron chi connectivity index (χ3n) is 4.28. The summed E-state index contributed by atoms with van der Waals surface area (Å²) in [7, 11) is 0. The minimum Gasteiger partial charge on any atom is -0.324 e. The molecule has 2 aromatic rings. The van der Waals surface area contributed by atoms with Crippen LogP contribution in [0.4, 0.5) is 19.3 Å². The van der Waals surface area contributed by atoms with E-state index in [-0.39, 0.29) is 5.69 Å². The van der Waals surface area contributed by atoms with Gasteiger partial charge in [0.15, 0.2) is 0 Å². The normalized spacial score (nSPS) is 14.2. The van der Waals surface area contributed by atoms with Crippen molar-refractivity contribution < 1.29 is 18.4 Å². The van der Waals surface area contributed by atoms with Gasteiger partial charge in [-0.2, -0.15) is 0 Å². The monoisotopic (exact) mass is 378 g/mol. The largest absolute Gasteiger partial charge is 0.331 e. The van der Waals surface area contributed by atoms with Crippen molar-refractivity contribution in [2.45, 2.75) is 19.3 Å². The van der Waals surface area contributed by atoms with Crippen LogP contribution in [0.15, 0.2) is 42.5 Å². The van der Waals surface area contributed by atoms with Crippen molar-refractivity contribution in [3.8, 4) is 0 Å². The van der Waals surface area contributed by atoms with E-state index in [9.17, 15) is 18.4 Å². The van der Waals surface area contributed by atoms with Gasteiger partial charge in [0.25, 0.3) is 5.91 Å². The number of hydrogen-bond donors (Lipinski definition) is 0. The smallest absolute Gasteiger partial charge is 0.324 e. The van der Waals surface area contributed by atoms with E-state index in [0.29, 0.717) is 18.1 Å². The lowest BCUT2D eigenvalue weighted by Gasteiger charge is -2.32. The second-order valence-electron chi connectivity index (χ2n) is 6.04. The Morgan fingerprint density at radius 3 is 2.08 bits per heavy atom. The highest BCUT2D eigenvalue weighted by atomic mass is 35.5. The lowest BCUT2D eigenvalue weighted by molar-refractivity contribution is 0.0975. The second-order valence-corrected chi connectivity index (χ2v) is 6.48.